The van der Waals surface area contributed by atoms with E-state index >= 15 is 0 Å². The van der Waals surface area contributed by atoms with Crippen LogP contribution in [0.5, 0.6) is 0 Å². The highest BCUT2D eigenvalue weighted by Crippen LogP contribution is 2.18. The second kappa shape index (κ2) is 5.93. The molecule has 0 N–H and O–H groups in total. The molecule has 1 fully saturated rings. The van der Waals surface area contributed by atoms with E-state index in [4.69, 9.17) is 10.5 Å². The lowest BCUT2D eigenvalue weighted by molar-refractivity contribution is 0.321. The Morgan fingerprint density at radius 3 is 2.11 bits per heavy atom. The number of hydrogen-bond acceptors (Lipinski definition) is 4. The zero-order valence-corrected chi connectivity index (χ0v) is 11.0. The van der Waals surface area contributed by atoms with Crippen LogP contribution >= 0.6 is 0 Å². The minimum atomic E-state index is 0.216. The third-order valence-corrected chi connectivity index (χ3v) is 3.46. The van der Waals surface area contributed by atoms with Crippen molar-refractivity contribution in [1.82, 2.24) is 4.90 Å². The highest BCUT2D eigenvalue weighted by molar-refractivity contribution is 5.47. The Bertz CT molecular complexity index is 524. The molecule has 0 aromatic heterocycles. The molecule has 0 amide bonds. The zero-order chi connectivity index (χ0) is 13.7. The Labute approximate surface area is 113 Å². The van der Waals surface area contributed by atoms with Crippen LogP contribution in [0, 0.1) is 22.7 Å². The summed E-state index contributed by atoms with van der Waals surface area (Å²) in [6.07, 6.45) is 0. The van der Waals surface area contributed by atoms with E-state index in [2.05, 4.69) is 21.9 Å². The van der Waals surface area contributed by atoms with Gasteiger partial charge in [0, 0.05) is 37.6 Å². The minimum absolute atomic E-state index is 0.216. The van der Waals surface area contributed by atoms with E-state index in [1.54, 1.807) is 0 Å². The van der Waals surface area contributed by atoms with Gasteiger partial charge >= 0.3 is 0 Å². The first kappa shape index (κ1) is 13.0. The lowest BCUT2D eigenvalue weighted by atomic mass is 10.2. The van der Waals surface area contributed by atoms with E-state index < -0.39 is 0 Å². The van der Waals surface area contributed by atoms with Crippen LogP contribution in [0.25, 0.3) is 0 Å². The summed E-state index contributed by atoms with van der Waals surface area (Å²) in [6, 6.07) is 14.2. The van der Waals surface area contributed by atoms with Gasteiger partial charge in [0.1, 0.15) is 17.7 Å². The molecule has 1 aliphatic heterocycles. The van der Waals surface area contributed by atoms with Gasteiger partial charge in [-0.2, -0.15) is 10.5 Å². The fourth-order valence-corrected chi connectivity index (χ4v) is 2.28. The molecule has 1 heterocycles. The first-order valence-electron chi connectivity index (χ1n) is 6.32. The van der Waals surface area contributed by atoms with Gasteiger partial charge in [-0.05, 0) is 19.1 Å². The van der Waals surface area contributed by atoms with E-state index in [1.807, 2.05) is 37.3 Å². The maximum atomic E-state index is 8.89. The Hall–Kier alpha value is -2.46. The molecule has 1 aliphatic rings. The van der Waals surface area contributed by atoms with Crippen LogP contribution in [0.4, 0.5) is 5.69 Å². The molecule has 1 saturated heterocycles. The molecule has 2 rings (SSSR count). The predicted molar refractivity (Wildman–Crippen MR) is 74.2 cm³/mol. The lowest BCUT2D eigenvalue weighted by Crippen LogP contribution is -2.45. The van der Waals surface area contributed by atoms with Crippen molar-refractivity contribution in [2.75, 3.05) is 31.1 Å². The van der Waals surface area contributed by atoms with Crippen LogP contribution < -0.4 is 4.90 Å². The average molecular weight is 252 g/mol. The van der Waals surface area contributed by atoms with Crippen molar-refractivity contribution >= 4 is 5.69 Å². The molecular formula is C15H16N4. The van der Waals surface area contributed by atoms with Crippen molar-refractivity contribution in [3.05, 3.63) is 41.6 Å². The van der Waals surface area contributed by atoms with Crippen LogP contribution in [0.2, 0.25) is 0 Å². The number of allylic oxidation sites excluding steroid dienone is 2. The molecule has 1 aromatic rings. The quantitative estimate of drug-likeness (QED) is 0.757. The summed E-state index contributed by atoms with van der Waals surface area (Å²) in [4.78, 5) is 4.43. The van der Waals surface area contributed by atoms with E-state index in [9.17, 15) is 0 Å². The van der Waals surface area contributed by atoms with Gasteiger partial charge in [-0.3, -0.25) is 0 Å². The second-order valence-electron chi connectivity index (χ2n) is 4.49. The van der Waals surface area contributed by atoms with Gasteiger partial charge in [0.15, 0.2) is 0 Å². The van der Waals surface area contributed by atoms with Gasteiger partial charge in [-0.25, -0.2) is 0 Å². The van der Waals surface area contributed by atoms with Crippen molar-refractivity contribution in [2.24, 2.45) is 0 Å². The van der Waals surface area contributed by atoms with Crippen molar-refractivity contribution < 1.29 is 0 Å². The molecule has 1 aromatic carbocycles. The van der Waals surface area contributed by atoms with E-state index in [0.29, 0.717) is 0 Å². The summed E-state index contributed by atoms with van der Waals surface area (Å²) < 4.78 is 0. The van der Waals surface area contributed by atoms with Gasteiger partial charge in [0.05, 0.1) is 0 Å². The average Bonchev–Trinajstić information content (AvgIpc) is 2.49. The van der Waals surface area contributed by atoms with Gasteiger partial charge < -0.3 is 9.80 Å². The van der Waals surface area contributed by atoms with Crippen molar-refractivity contribution in [1.29, 1.82) is 10.5 Å². The number of piperazine rings is 1. The van der Waals surface area contributed by atoms with E-state index in [-0.39, 0.29) is 5.57 Å². The fourth-order valence-electron chi connectivity index (χ4n) is 2.28. The largest absolute Gasteiger partial charge is 0.370 e. The highest BCUT2D eigenvalue weighted by atomic mass is 15.3. The summed E-state index contributed by atoms with van der Waals surface area (Å²) in [5.41, 5.74) is 2.23. The zero-order valence-electron chi connectivity index (χ0n) is 11.0. The molecule has 0 bridgehead atoms. The van der Waals surface area contributed by atoms with Gasteiger partial charge in [0.25, 0.3) is 0 Å². The summed E-state index contributed by atoms with van der Waals surface area (Å²) in [5.74, 6) is 0. The number of hydrogen-bond donors (Lipinski definition) is 0. The van der Waals surface area contributed by atoms with Gasteiger partial charge in [-0.1, -0.05) is 18.2 Å². The molecule has 0 unspecified atom stereocenters. The molecule has 0 spiro atoms. The summed E-state index contributed by atoms with van der Waals surface area (Å²) in [5, 5.41) is 17.8. The second-order valence-corrected chi connectivity index (χ2v) is 4.49. The Balaban J connectivity index is 2.03. The van der Waals surface area contributed by atoms with Gasteiger partial charge in [0.2, 0.25) is 0 Å². The van der Waals surface area contributed by atoms with Crippen molar-refractivity contribution in [3.63, 3.8) is 0 Å². The first-order valence-corrected chi connectivity index (χ1v) is 6.32. The smallest absolute Gasteiger partial charge is 0.148 e. The molecule has 96 valence electrons. The monoisotopic (exact) mass is 252 g/mol. The standard InChI is InChI=1S/C15H16N4/c1-13(14(11-16)12-17)18-7-9-19(10-8-18)15-5-3-2-4-6-15/h2-6H,7-10H2,1H3. The van der Waals surface area contributed by atoms with Crippen LogP contribution in [0.1, 0.15) is 6.92 Å². The van der Waals surface area contributed by atoms with Crippen molar-refractivity contribution in [2.45, 2.75) is 6.92 Å². The predicted octanol–water partition coefficient (Wildman–Crippen LogP) is 2.13. The van der Waals surface area contributed by atoms with E-state index in [1.165, 1.54) is 5.69 Å². The fraction of sp³-hybridized carbons (Fsp3) is 0.333. The molecule has 0 aliphatic carbocycles. The molecular weight excluding hydrogens is 236 g/mol. The van der Waals surface area contributed by atoms with Crippen LogP contribution in [0.3, 0.4) is 0 Å². The van der Waals surface area contributed by atoms with Gasteiger partial charge in [-0.15, -0.1) is 0 Å². The molecule has 4 nitrogen and oxygen atoms in total. The maximum Gasteiger partial charge on any atom is 0.148 e. The third kappa shape index (κ3) is 2.86. The van der Waals surface area contributed by atoms with Crippen LogP contribution in [-0.4, -0.2) is 31.1 Å². The number of nitriles is 2. The third-order valence-electron chi connectivity index (χ3n) is 3.46. The molecule has 0 saturated carbocycles. The first-order chi connectivity index (χ1) is 9.26. The number of nitrogens with zero attached hydrogens (tertiary/aromatic N) is 4. The molecule has 0 radical (unpaired) electrons. The molecule has 4 heteroatoms. The summed E-state index contributed by atoms with van der Waals surface area (Å²) >= 11 is 0. The van der Waals surface area contributed by atoms with Crippen LogP contribution in [-0.2, 0) is 0 Å². The summed E-state index contributed by atoms with van der Waals surface area (Å²) in [7, 11) is 0. The minimum Gasteiger partial charge on any atom is -0.370 e. The topological polar surface area (TPSA) is 54.1 Å². The number of anilines is 1. The van der Waals surface area contributed by atoms with E-state index in [0.717, 1.165) is 31.9 Å². The molecule has 0 atom stereocenters. The normalized spacial score (nSPS) is 14.5. The highest BCUT2D eigenvalue weighted by Gasteiger charge is 2.18. The number of rotatable bonds is 2. The molecule has 19 heavy (non-hydrogen) atoms. The number of benzene rings is 1. The van der Waals surface area contributed by atoms with Crippen LogP contribution in [0.15, 0.2) is 41.6 Å². The number of para-hydroxylation sites is 1. The summed E-state index contributed by atoms with van der Waals surface area (Å²) in [6.45, 7) is 5.35. The Morgan fingerprint density at radius 1 is 1.00 bits per heavy atom. The Kier molecular flexibility index (Phi) is 4.05. The maximum absolute atomic E-state index is 8.89. The Morgan fingerprint density at radius 2 is 1.58 bits per heavy atom. The lowest BCUT2D eigenvalue weighted by Gasteiger charge is -2.37. The van der Waals surface area contributed by atoms with Crippen molar-refractivity contribution in [3.8, 4) is 12.1 Å². The SMILES string of the molecule is CC(=C(C#N)C#N)N1CCN(c2ccccc2)CC1.